The quantitative estimate of drug-likeness (QED) is 0.486. The van der Waals surface area contributed by atoms with Crippen LogP contribution in [0.1, 0.15) is 19.3 Å². The van der Waals surface area contributed by atoms with E-state index in [4.69, 9.17) is 9.84 Å². The lowest BCUT2D eigenvalue weighted by Gasteiger charge is -2.06. The standard InChI is InChI=1S/C9H13NO3/c11-5-1-2-6-13-9(12)7-8-3-4-10-8/h3-4,11H,1-2,5-7H2. The smallest absolute Gasteiger partial charge is 0.311 e. The number of esters is 1. The molecule has 1 aliphatic rings. The van der Waals surface area contributed by atoms with E-state index in [2.05, 4.69) is 4.99 Å². The second-order valence-electron chi connectivity index (χ2n) is 2.76. The van der Waals surface area contributed by atoms with E-state index in [0.717, 1.165) is 5.71 Å². The molecule has 1 aliphatic heterocycles. The Kier molecular flexibility index (Phi) is 4.18. The molecule has 4 nitrogen and oxygen atoms in total. The zero-order valence-electron chi connectivity index (χ0n) is 7.40. The zero-order valence-corrected chi connectivity index (χ0v) is 7.40. The molecule has 0 bridgehead atoms. The van der Waals surface area contributed by atoms with Crippen LogP contribution >= 0.6 is 0 Å². The van der Waals surface area contributed by atoms with Crippen molar-refractivity contribution < 1.29 is 14.6 Å². The molecule has 4 heteroatoms. The maximum absolute atomic E-state index is 11.0. The van der Waals surface area contributed by atoms with Crippen molar-refractivity contribution in [3.8, 4) is 0 Å². The van der Waals surface area contributed by atoms with Crippen LogP contribution < -0.4 is 0 Å². The van der Waals surface area contributed by atoms with E-state index in [1.54, 1.807) is 12.3 Å². The van der Waals surface area contributed by atoms with Gasteiger partial charge in [0.25, 0.3) is 0 Å². The number of carbonyl (C=O) groups excluding carboxylic acids is 1. The lowest BCUT2D eigenvalue weighted by molar-refractivity contribution is -0.142. The molecule has 0 unspecified atom stereocenters. The normalized spacial score (nSPS) is 13.5. The van der Waals surface area contributed by atoms with Gasteiger partial charge in [0, 0.05) is 12.8 Å². The summed E-state index contributed by atoms with van der Waals surface area (Å²) in [5.74, 6) is -0.249. The highest BCUT2D eigenvalue weighted by Gasteiger charge is 2.08. The number of hydrogen-bond donors (Lipinski definition) is 1. The molecule has 0 aromatic rings. The highest BCUT2D eigenvalue weighted by molar-refractivity contribution is 6.08. The maximum atomic E-state index is 11.0. The van der Waals surface area contributed by atoms with Gasteiger partial charge in [-0.15, -0.1) is 0 Å². The fourth-order valence-electron chi connectivity index (χ4n) is 0.883. The molecule has 72 valence electrons. The summed E-state index contributed by atoms with van der Waals surface area (Å²) in [6.45, 7) is 0.531. The van der Waals surface area contributed by atoms with Crippen molar-refractivity contribution >= 4 is 11.7 Å². The number of aliphatic imine (C=N–C) groups is 1. The van der Waals surface area contributed by atoms with Crippen LogP contribution in [0.3, 0.4) is 0 Å². The SMILES string of the molecule is O=C(CC1=NC=C1)OCCCCO. The first-order valence-corrected chi connectivity index (χ1v) is 4.32. The molecule has 0 aromatic carbocycles. The minimum atomic E-state index is -0.249. The number of aliphatic hydroxyl groups is 1. The minimum Gasteiger partial charge on any atom is -0.465 e. The molecule has 0 atom stereocenters. The van der Waals surface area contributed by atoms with Gasteiger partial charge < -0.3 is 9.84 Å². The van der Waals surface area contributed by atoms with Crippen LogP contribution in [0.15, 0.2) is 17.3 Å². The summed E-state index contributed by atoms with van der Waals surface area (Å²) in [5, 5.41) is 8.46. The molecule has 0 aromatic heterocycles. The van der Waals surface area contributed by atoms with Crippen molar-refractivity contribution in [2.45, 2.75) is 19.3 Å². The summed E-state index contributed by atoms with van der Waals surface area (Å²) < 4.78 is 4.89. The number of ether oxygens (including phenoxy) is 1. The van der Waals surface area contributed by atoms with Crippen molar-refractivity contribution in [2.75, 3.05) is 13.2 Å². The fourth-order valence-corrected chi connectivity index (χ4v) is 0.883. The highest BCUT2D eigenvalue weighted by atomic mass is 16.5. The van der Waals surface area contributed by atoms with Crippen molar-refractivity contribution in [3.63, 3.8) is 0 Å². The van der Waals surface area contributed by atoms with E-state index < -0.39 is 0 Å². The third-order valence-electron chi connectivity index (χ3n) is 1.65. The van der Waals surface area contributed by atoms with Gasteiger partial charge >= 0.3 is 5.97 Å². The molecule has 13 heavy (non-hydrogen) atoms. The van der Waals surface area contributed by atoms with Crippen molar-refractivity contribution in [2.24, 2.45) is 4.99 Å². The van der Waals surface area contributed by atoms with Gasteiger partial charge in [-0.2, -0.15) is 0 Å². The van der Waals surface area contributed by atoms with Gasteiger partial charge in [0.2, 0.25) is 0 Å². The molecule has 0 spiro atoms. The lowest BCUT2D eigenvalue weighted by atomic mass is 10.2. The topological polar surface area (TPSA) is 58.9 Å². The number of allylic oxidation sites excluding steroid dienone is 1. The number of aliphatic hydroxyl groups excluding tert-OH is 1. The third-order valence-corrected chi connectivity index (χ3v) is 1.65. The summed E-state index contributed by atoms with van der Waals surface area (Å²) in [6, 6.07) is 0. The van der Waals surface area contributed by atoms with E-state index in [0.29, 0.717) is 19.4 Å². The van der Waals surface area contributed by atoms with Gasteiger partial charge in [-0.25, -0.2) is 0 Å². The summed E-state index contributed by atoms with van der Waals surface area (Å²) in [6.07, 6.45) is 5.08. The Bertz CT molecular complexity index is 233. The molecule has 0 saturated carbocycles. The predicted octanol–water partition coefficient (Wildman–Crippen LogP) is 0.661. The van der Waals surface area contributed by atoms with Gasteiger partial charge in [-0.3, -0.25) is 9.79 Å². The molecule has 0 saturated heterocycles. The second-order valence-corrected chi connectivity index (χ2v) is 2.76. The van der Waals surface area contributed by atoms with Crippen LogP contribution in [0.25, 0.3) is 0 Å². The third kappa shape index (κ3) is 3.85. The number of hydrogen-bond acceptors (Lipinski definition) is 4. The molecule has 1 N–H and O–H groups in total. The van der Waals surface area contributed by atoms with Crippen molar-refractivity contribution in [3.05, 3.63) is 12.3 Å². The molecular weight excluding hydrogens is 170 g/mol. The first-order chi connectivity index (χ1) is 6.33. The lowest BCUT2D eigenvalue weighted by Crippen LogP contribution is -2.12. The fraction of sp³-hybridized carbons (Fsp3) is 0.556. The average molecular weight is 183 g/mol. The Balaban J connectivity index is 1.98. The Hall–Kier alpha value is -1.16. The second kappa shape index (κ2) is 5.48. The summed E-state index contributed by atoms with van der Waals surface area (Å²) in [4.78, 5) is 14.9. The van der Waals surface area contributed by atoms with Crippen LogP contribution in [-0.4, -0.2) is 30.0 Å². The number of rotatable bonds is 6. The Morgan fingerprint density at radius 3 is 2.85 bits per heavy atom. The van der Waals surface area contributed by atoms with Crippen LogP contribution in [0.2, 0.25) is 0 Å². The molecule has 1 rings (SSSR count). The minimum absolute atomic E-state index is 0.146. The zero-order chi connectivity index (χ0) is 9.52. The van der Waals surface area contributed by atoms with E-state index in [1.807, 2.05) is 0 Å². The largest absolute Gasteiger partial charge is 0.465 e. The maximum Gasteiger partial charge on any atom is 0.311 e. The summed E-state index contributed by atoms with van der Waals surface area (Å²) in [5.41, 5.74) is 0.771. The molecule has 0 radical (unpaired) electrons. The van der Waals surface area contributed by atoms with Crippen LogP contribution in [-0.2, 0) is 9.53 Å². The first-order valence-electron chi connectivity index (χ1n) is 4.32. The number of unbranched alkanes of at least 4 members (excludes halogenated alkanes) is 1. The van der Waals surface area contributed by atoms with Crippen LogP contribution in [0, 0.1) is 0 Å². The van der Waals surface area contributed by atoms with Gasteiger partial charge in [-0.05, 0) is 18.9 Å². The summed E-state index contributed by atoms with van der Waals surface area (Å²) >= 11 is 0. The number of carbonyl (C=O) groups is 1. The number of nitrogens with zero attached hydrogens (tertiary/aromatic N) is 1. The molecule has 0 fully saturated rings. The van der Waals surface area contributed by atoms with Crippen molar-refractivity contribution in [1.29, 1.82) is 0 Å². The van der Waals surface area contributed by atoms with Crippen LogP contribution in [0.5, 0.6) is 0 Å². The van der Waals surface area contributed by atoms with E-state index >= 15 is 0 Å². The van der Waals surface area contributed by atoms with Crippen LogP contribution in [0.4, 0.5) is 0 Å². The molecule has 0 amide bonds. The van der Waals surface area contributed by atoms with E-state index in [-0.39, 0.29) is 19.0 Å². The average Bonchev–Trinajstić information content (AvgIpc) is 2.06. The monoisotopic (exact) mass is 183 g/mol. The van der Waals surface area contributed by atoms with E-state index in [9.17, 15) is 4.79 Å². The van der Waals surface area contributed by atoms with Gasteiger partial charge in [0.05, 0.1) is 18.7 Å². The molecule has 0 aliphatic carbocycles. The Morgan fingerprint density at radius 1 is 1.54 bits per heavy atom. The first kappa shape index (κ1) is 9.92. The van der Waals surface area contributed by atoms with E-state index in [1.165, 1.54) is 0 Å². The Labute approximate surface area is 76.9 Å². The highest BCUT2D eigenvalue weighted by Crippen LogP contribution is 2.02. The van der Waals surface area contributed by atoms with Gasteiger partial charge in [0.15, 0.2) is 0 Å². The molecule has 1 heterocycles. The summed E-state index contributed by atoms with van der Waals surface area (Å²) in [7, 11) is 0. The predicted molar refractivity (Wildman–Crippen MR) is 48.5 cm³/mol. The molecular formula is C9H13NO3. The Morgan fingerprint density at radius 2 is 2.31 bits per heavy atom. The van der Waals surface area contributed by atoms with Gasteiger partial charge in [-0.1, -0.05) is 0 Å². The van der Waals surface area contributed by atoms with Gasteiger partial charge in [0.1, 0.15) is 0 Å². The van der Waals surface area contributed by atoms with Crippen molar-refractivity contribution in [1.82, 2.24) is 0 Å².